The topological polar surface area (TPSA) is 35.0 Å². The zero-order chi connectivity index (χ0) is 28.3. The molecule has 7 aromatic rings. The first kappa shape index (κ1) is 24.5. The monoisotopic (exact) mass is 540 g/mol. The van der Waals surface area contributed by atoms with Crippen molar-refractivity contribution in [2.45, 2.75) is 19.3 Å². The van der Waals surface area contributed by atoms with Crippen LogP contribution in [0.4, 0.5) is 0 Å². The van der Waals surface area contributed by atoms with Gasteiger partial charge in [-0.3, -0.25) is 0 Å². The maximum Gasteiger partial charge on any atom is 0.131 e. The van der Waals surface area contributed by atoms with Crippen molar-refractivity contribution in [2.24, 2.45) is 0 Å². The standard InChI is InChI=1S/C39H28N2O/c1-39(2)31-10-6-7-11-35(31)42-36-23-20-30(24-32(36)39)25-12-14-27(15-13-25)34-22-19-29-17-16-28-18-21-33(26-8-4-3-5-9-26)40-37(28)38(29)41-34/h3-24H,1-2H3. The number of aromatic nitrogens is 2. The molecule has 0 aliphatic carbocycles. The highest BCUT2D eigenvalue weighted by molar-refractivity contribution is 6.04. The molecule has 8 rings (SSSR count). The molecule has 0 spiro atoms. The van der Waals surface area contributed by atoms with Gasteiger partial charge in [0.1, 0.15) is 11.5 Å². The summed E-state index contributed by atoms with van der Waals surface area (Å²) >= 11 is 0. The van der Waals surface area contributed by atoms with E-state index in [0.717, 1.165) is 61.4 Å². The number of rotatable bonds is 3. The second-order valence-electron chi connectivity index (χ2n) is 11.5. The first-order valence-corrected chi connectivity index (χ1v) is 14.3. The number of pyridine rings is 2. The van der Waals surface area contributed by atoms with Crippen LogP contribution >= 0.6 is 0 Å². The molecule has 0 unspecified atom stereocenters. The molecule has 2 aromatic heterocycles. The van der Waals surface area contributed by atoms with Gasteiger partial charge >= 0.3 is 0 Å². The molecule has 1 aliphatic heterocycles. The highest BCUT2D eigenvalue weighted by atomic mass is 16.5. The number of ether oxygens (including phenoxy) is 1. The van der Waals surface area contributed by atoms with Crippen molar-refractivity contribution < 1.29 is 4.74 Å². The van der Waals surface area contributed by atoms with Crippen molar-refractivity contribution in [1.82, 2.24) is 9.97 Å². The van der Waals surface area contributed by atoms with E-state index >= 15 is 0 Å². The van der Waals surface area contributed by atoms with Gasteiger partial charge in [0.2, 0.25) is 0 Å². The Kier molecular flexibility index (Phi) is 5.48. The van der Waals surface area contributed by atoms with Crippen molar-refractivity contribution in [3.05, 3.63) is 145 Å². The summed E-state index contributed by atoms with van der Waals surface area (Å²) in [6.07, 6.45) is 0. The first-order valence-electron chi connectivity index (χ1n) is 14.3. The van der Waals surface area contributed by atoms with Crippen LogP contribution in [0.15, 0.2) is 133 Å². The first-order chi connectivity index (χ1) is 20.5. The Morgan fingerprint density at radius 3 is 1.67 bits per heavy atom. The third-order valence-electron chi connectivity index (χ3n) is 8.54. The van der Waals surface area contributed by atoms with E-state index in [9.17, 15) is 0 Å². The minimum atomic E-state index is -0.147. The van der Waals surface area contributed by atoms with E-state index in [1.807, 2.05) is 24.3 Å². The molecule has 200 valence electrons. The normalized spacial score (nSPS) is 13.4. The number of benzene rings is 5. The van der Waals surface area contributed by atoms with Gasteiger partial charge in [-0.1, -0.05) is 117 Å². The molecule has 0 amide bonds. The van der Waals surface area contributed by atoms with Crippen LogP contribution in [0.2, 0.25) is 0 Å². The van der Waals surface area contributed by atoms with Crippen LogP contribution in [-0.2, 0) is 5.41 Å². The lowest BCUT2D eigenvalue weighted by atomic mass is 9.75. The Morgan fingerprint density at radius 2 is 0.976 bits per heavy atom. The average Bonchev–Trinajstić information content (AvgIpc) is 3.05. The quantitative estimate of drug-likeness (QED) is 0.209. The van der Waals surface area contributed by atoms with Gasteiger partial charge < -0.3 is 4.74 Å². The van der Waals surface area contributed by atoms with Crippen molar-refractivity contribution in [3.63, 3.8) is 0 Å². The Balaban J connectivity index is 1.16. The summed E-state index contributed by atoms with van der Waals surface area (Å²) in [6, 6.07) is 46.5. The van der Waals surface area contributed by atoms with E-state index in [-0.39, 0.29) is 5.41 Å². The molecule has 1 aliphatic rings. The molecule has 42 heavy (non-hydrogen) atoms. The molecular formula is C39H28N2O. The number of fused-ring (bicyclic) bond motifs is 5. The number of hydrogen-bond donors (Lipinski definition) is 0. The molecule has 3 nitrogen and oxygen atoms in total. The van der Waals surface area contributed by atoms with Gasteiger partial charge in [0.05, 0.1) is 22.4 Å². The van der Waals surface area contributed by atoms with Crippen LogP contribution in [-0.4, -0.2) is 9.97 Å². The minimum Gasteiger partial charge on any atom is -0.457 e. The van der Waals surface area contributed by atoms with Crippen LogP contribution < -0.4 is 4.74 Å². The van der Waals surface area contributed by atoms with Crippen LogP contribution in [0.3, 0.4) is 0 Å². The Hall–Kier alpha value is -5.28. The van der Waals surface area contributed by atoms with Crippen LogP contribution in [0.1, 0.15) is 25.0 Å². The SMILES string of the molecule is CC1(C)c2ccccc2Oc2ccc(-c3ccc(-c4ccc5ccc6ccc(-c7ccccc7)nc6c5n4)cc3)cc21. The Morgan fingerprint density at radius 1 is 0.452 bits per heavy atom. The summed E-state index contributed by atoms with van der Waals surface area (Å²) in [5.74, 6) is 1.87. The van der Waals surface area contributed by atoms with Gasteiger partial charge in [-0.05, 0) is 41.5 Å². The molecule has 0 radical (unpaired) electrons. The van der Waals surface area contributed by atoms with Gasteiger partial charge in [-0.25, -0.2) is 9.97 Å². The van der Waals surface area contributed by atoms with Gasteiger partial charge in [0.25, 0.3) is 0 Å². The van der Waals surface area contributed by atoms with Crippen LogP contribution in [0.25, 0.3) is 55.4 Å². The van der Waals surface area contributed by atoms with E-state index < -0.39 is 0 Å². The molecule has 0 N–H and O–H groups in total. The van der Waals surface area contributed by atoms with E-state index in [1.165, 1.54) is 16.7 Å². The molecule has 3 heteroatoms. The molecule has 0 saturated carbocycles. The van der Waals surface area contributed by atoms with E-state index in [1.54, 1.807) is 0 Å². The fourth-order valence-electron chi connectivity index (χ4n) is 6.15. The third-order valence-corrected chi connectivity index (χ3v) is 8.54. The number of para-hydroxylation sites is 1. The number of hydrogen-bond acceptors (Lipinski definition) is 3. The fraction of sp³-hybridized carbons (Fsp3) is 0.0769. The van der Waals surface area contributed by atoms with Gasteiger partial charge in [-0.15, -0.1) is 0 Å². The maximum absolute atomic E-state index is 6.27. The molecule has 0 fully saturated rings. The van der Waals surface area contributed by atoms with E-state index in [4.69, 9.17) is 14.7 Å². The molecule has 0 atom stereocenters. The molecular weight excluding hydrogens is 512 g/mol. The second kappa shape index (κ2) is 9.39. The zero-order valence-corrected chi connectivity index (χ0v) is 23.5. The second-order valence-corrected chi connectivity index (χ2v) is 11.5. The summed E-state index contributed by atoms with van der Waals surface area (Å²) in [6.45, 7) is 4.54. The van der Waals surface area contributed by atoms with Crippen molar-refractivity contribution in [2.75, 3.05) is 0 Å². The summed E-state index contributed by atoms with van der Waals surface area (Å²) in [5, 5.41) is 2.17. The summed E-state index contributed by atoms with van der Waals surface area (Å²) < 4.78 is 6.27. The Labute approximate surface area is 245 Å². The predicted octanol–water partition coefficient (Wildman–Crippen LogP) is 10.2. The summed E-state index contributed by atoms with van der Waals surface area (Å²) in [5.41, 5.74) is 10.5. The molecule has 0 saturated heterocycles. The molecule has 5 aromatic carbocycles. The fourth-order valence-corrected chi connectivity index (χ4v) is 6.15. The number of nitrogens with zero attached hydrogens (tertiary/aromatic N) is 2. The smallest absolute Gasteiger partial charge is 0.131 e. The van der Waals surface area contributed by atoms with Gasteiger partial charge in [0.15, 0.2) is 0 Å². The molecule has 3 heterocycles. The maximum atomic E-state index is 6.27. The van der Waals surface area contributed by atoms with Crippen LogP contribution in [0, 0.1) is 0 Å². The Bertz CT molecular complexity index is 2130. The lowest BCUT2D eigenvalue weighted by molar-refractivity contribution is 0.418. The highest BCUT2D eigenvalue weighted by Crippen LogP contribution is 2.48. The van der Waals surface area contributed by atoms with Crippen LogP contribution in [0.5, 0.6) is 11.5 Å². The lowest BCUT2D eigenvalue weighted by Gasteiger charge is -2.34. The van der Waals surface area contributed by atoms with E-state index in [0.29, 0.717) is 0 Å². The van der Waals surface area contributed by atoms with Crippen molar-refractivity contribution >= 4 is 21.8 Å². The summed E-state index contributed by atoms with van der Waals surface area (Å²) in [4.78, 5) is 10.2. The third kappa shape index (κ3) is 3.97. The van der Waals surface area contributed by atoms with Crippen molar-refractivity contribution in [3.8, 4) is 45.1 Å². The zero-order valence-electron chi connectivity index (χ0n) is 23.5. The lowest BCUT2D eigenvalue weighted by Crippen LogP contribution is -2.24. The minimum absolute atomic E-state index is 0.147. The van der Waals surface area contributed by atoms with E-state index in [2.05, 4.69) is 123 Å². The van der Waals surface area contributed by atoms with Gasteiger partial charge in [-0.2, -0.15) is 0 Å². The van der Waals surface area contributed by atoms with Crippen molar-refractivity contribution in [1.29, 1.82) is 0 Å². The predicted molar refractivity (Wildman–Crippen MR) is 172 cm³/mol. The average molecular weight is 541 g/mol. The summed E-state index contributed by atoms with van der Waals surface area (Å²) in [7, 11) is 0. The van der Waals surface area contributed by atoms with Gasteiger partial charge in [0, 0.05) is 38.4 Å². The largest absolute Gasteiger partial charge is 0.457 e. The highest BCUT2D eigenvalue weighted by Gasteiger charge is 2.34. The molecule has 0 bridgehead atoms.